The minimum Gasteiger partial charge on any atom is -0.380 e. The number of anilines is 1. The third kappa shape index (κ3) is 6.21. The van der Waals surface area contributed by atoms with Crippen molar-refractivity contribution in [3.63, 3.8) is 0 Å². The van der Waals surface area contributed by atoms with Gasteiger partial charge in [-0.25, -0.2) is 0 Å². The van der Waals surface area contributed by atoms with E-state index in [2.05, 4.69) is 79.4 Å². The lowest BCUT2D eigenvalue weighted by Crippen LogP contribution is -2.35. The van der Waals surface area contributed by atoms with Gasteiger partial charge in [0.15, 0.2) is 0 Å². The second-order valence-electron chi connectivity index (χ2n) is 7.81. The van der Waals surface area contributed by atoms with Gasteiger partial charge >= 0.3 is 0 Å². The molecule has 27 heavy (non-hydrogen) atoms. The summed E-state index contributed by atoms with van der Waals surface area (Å²) in [6.45, 7) is 8.79. The van der Waals surface area contributed by atoms with E-state index in [0.717, 1.165) is 39.3 Å². The number of aliphatic imine (C=N–C) groups is 1. The molecular weight excluding hydrogens is 332 g/mol. The quantitative estimate of drug-likeness (QED) is 0.577. The fourth-order valence-electron chi connectivity index (χ4n) is 3.57. The molecule has 0 aliphatic carbocycles. The standard InChI is InChI=1S/C24H32N2O/c1-20(2)18-27-19-22(24-14-9-15-25-24)17-26(23-12-7-4-8-13-23)16-21-10-5-3-6-11-21/h3-8,10-13,20,22H,9,14-19H2,1-2H3. The molecule has 2 aromatic rings. The Morgan fingerprint density at radius 2 is 1.67 bits per heavy atom. The average Bonchev–Trinajstić information content (AvgIpc) is 3.22. The first-order valence-electron chi connectivity index (χ1n) is 10.2. The molecule has 144 valence electrons. The van der Waals surface area contributed by atoms with Crippen molar-refractivity contribution in [3.8, 4) is 0 Å². The molecule has 3 rings (SSSR count). The summed E-state index contributed by atoms with van der Waals surface area (Å²) in [6, 6.07) is 21.4. The van der Waals surface area contributed by atoms with Crippen LogP contribution in [0.15, 0.2) is 65.7 Å². The van der Waals surface area contributed by atoms with E-state index in [1.165, 1.54) is 23.4 Å². The van der Waals surface area contributed by atoms with Crippen LogP contribution in [-0.4, -0.2) is 32.0 Å². The average molecular weight is 365 g/mol. The van der Waals surface area contributed by atoms with E-state index >= 15 is 0 Å². The van der Waals surface area contributed by atoms with Gasteiger partial charge in [0.1, 0.15) is 0 Å². The Bertz CT molecular complexity index is 697. The number of ether oxygens (including phenoxy) is 1. The lowest BCUT2D eigenvalue weighted by atomic mass is 10.00. The largest absolute Gasteiger partial charge is 0.380 e. The molecule has 3 heteroatoms. The van der Waals surface area contributed by atoms with Crippen molar-refractivity contribution >= 4 is 11.4 Å². The third-order valence-corrected chi connectivity index (χ3v) is 4.93. The maximum atomic E-state index is 6.05. The van der Waals surface area contributed by atoms with E-state index in [-0.39, 0.29) is 0 Å². The summed E-state index contributed by atoms with van der Waals surface area (Å²) in [6.07, 6.45) is 2.30. The van der Waals surface area contributed by atoms with Gasteiger partial charge in [-0.1, -0.05) is 62.4 Å². The first-order valence-corrected chi connectivity index (χ1v) is 10.2. The number of hydrogen-bond donors (Lipinski definition) is 0. The second kappa shape index (κ2) is 10.3. The molecule has 0 fully saturated rings. The summed E-state index contributed by atoms with van der Waals surface area (Å²) >= 11 is 0. The number of nitrogens with zero attached hydrogens (tertiary/aromatic N) is 2. The molecule has 1 unspecified atom stereocenters. The molecule has 0 radical (unpaired) electrons. The molecule has 1 heterocycles. The predicted octanol–water partition coefficient (Wildman–Crippen LogP) is 5.22. The van der Waals surface area contributed by atoms with E-state index in [4.69, 9.17) is 9.73 Å². The van der Waals surface area contributed by atoms with Crippen LogP contribution < -0.4 is 4.90 Å². The summed E-state index contributed by atoms with van der Waals surface area (Å²) < 4.78 is 6.05. The van der Waals surface area contributed by atoms with Crippen LogP contribution in [0.4, 0.5) is 5.69 Å². The van der Waals surface area contributed by atoms with E-state index in [0.29, 0.717) is 11.8 Å². The first-order chi connectivity index (χ1) is 13.2. The van der Waals surface area contributed by atoms with Crippen molar-refractivity contribution < 1.29 is 4.74 Å². The Hall–Kier alpha value is -2.13. The van der Waals surface area contributed by atoms with Gasteiger partial charge in [-0.15, -0.1) is 0 Å². The van der Waals surface area contributed by atoms with Crippen molar-refractivity contribution in [2.24, 2.45) is 16.8 Å². The van der Waals surface area contributed by atoms with Gasteiger partial charge in [0.05, 0.1) is 6.61 Å². The Morgan fingerprint density at radius 3 is 2.30 bits per heavy atom. The summed E-state index contributed by atoms with van der Waals surface area (Å²) in [5, 5.41) is 0. The Labute approximate surface area is 164 Å². The van der Waals surface area contributed by atoms with E-state index in [1.807, 2.05) is 0 Å². The van der Waals surface area contributed by atoms with Crippen LogP contribution in [0.25, 0.3) is 0 Å². The van der Waals surface area contributed by atoms with Crippen LogP contribution in [0.5, 0.6) is 0 Å². The van der Waals surface area contributed by atoms with Crippen molar-refractivity contribution in [2.45, 2.75) is 33.2 Å². The fraction of sp³-hybridized carbons (Fsp3) is 0.458. The summed E-state index contributed by atoms with van der Waals surface area (Å²) in [4.78, 5) is 7.27. The number of hydrogen-bond acceptors (Lipinski definition) is 3. The fourth-order valence-corrected chi connectivity index (χ4v) is 3.57. The zero-order valence-electron chi connectivity index (χ0n) is 16.7. The first kappa shape index (κ1) is 19.6. The normalized spacial score (nSPS) is 15.0. The van der Waals surface area contributed by atoms with E-state index < -0.39 is 0 Å². The topological polar surface area (TPSA) is 24.8 Å². The van der Waals surface area contributed by atoms with Crippen molar-refractivity contribution in [2.75, 3.05) is 31.2 Å². The van der Waals surface area contributed by atoms with Crippen LogP contribution >= 0.6 is 0 Å². The SMILES string of the molecule is CC(C)COCC(CN(Cc1ccccc1)c1ccccc1)C1=NCCC1. The van der Waals surface area contributed by atoms with Gasteiger partial charge in [-0.3, -0.25) is 4.99 Å². The molecule has 0 saturated heterocycles. The monoisotopic (exact) mass is 364 g/mol. The van der Waals surface area contributed by atoms with Crippen molar-refractivity contribution in [3.05, 3.63) is 66.2 Å². The molecule has 1 aliphatic rings. The summed E-state index contributed by atoms with van der Waals surface area (Å²) in [7, 11) is 0. The van der Waals surface area contributed by atoms with E-state index in [9.17, 15) is 0 Å². The Balaban J connectivity index is 1.76. The van der Waals surface area contributed by atoms with Gasteiger partial charge in [0, 0.05) is 43.6 Å². The van der Waals surface area contributed by atoms with Gasteiger partial charge in [-0.2, -0.15) is 0 Å². The van der Waals surface area contributed by atoms with E-state index in [1.54, 1.807) is 0 Å². The van der Waals surface area contributed by atoms with Gasteiger partial charge < -0.3 is 9.64 Å². The molecule has 3 nitrogen and oxygen atoms in total. The molecular formula is C24H32N2O. The second-order valence-corrected chi connectivity index (χ2v) is 7.81. The Kier molecular flexibility index (Phi) is 7.46. The van der Waals surface area contributed by atoms with Crippen LogP contribution in [0, 0.1) is 11.8 Å². The zero-order valence-corrected chi connectivity index (χ0v) is 16.7. The molecule has 0 N–H and O–H groups in total. The third-order valence-electron chi connectivity index (χ3n) is 4.93. The van der Waals surface area contributed by atoms with Crippen molar-refractivity contribution in [1.29, 1.82) is 0 Å². The number of rotatable bonds is 10. The molecule has 1 aliphatic heterocycles. The molecule has 0 bridgehead atoms. The maximum Gasteiger partial charge on any atom is 0.0563 e. The molecule has 0 saturated carbocycles. The van der Waals surface area contributed by atoms with Crippen molar-refractivity contribution in [1.82, 2.24) is 0 Å². The highest BCUT2D eigenvalue weighted by molar-refractivity contribution is 5.88. The maximum absolute atomic E-state index is 6.05. The highest BCUT2D eigenvalue weighted by Crippen LogP contribution is 2.22. The molecule has 0 spiro atoms. The van der Waals surface area contributed by atoms with Crippen LogP contribution in [0.3, 0.4) is 0 Å². The lowest BCUT2D eigenvalue weighted by Gasteiger charge is -2.30. The van der Waals surface area contributed by atoms with Crippen LogP contribution in [-0.2, 0) is 11.3 Å². The molecule has 0 aromatic heterocycles. The predicted molar refractivity (Wildman–Crippen MR) is 115 cm³/mol. The zero-order chi connectivity index (χ0) is 18.9. The summed E-state index contributed by atoms with van der Waals surface area (Å²) in [5.74, 6) is 0.917. The smallest absolute Gasteiger partial charge is 0.0563 e. The van der Waals surface area contributed by atoms with Crippen LogP contribution in [0.2, 0.25) is 0 Å². The van der Waals surface area contributed by atoms with Gasteiger partial charge in [0.25, 0.3) is 0 Å². The highest BCUT2D eigenvalue weighted by atomic mass is 16.5. The number of benzene rings is 2. The minimum absolute atomic E-state index is 0.357. The van der Waals surface area contributed by atoms with Crippen LogP contribution in [0.1, 0.15) is 32.3 Å². The highest BCUT2D eigenvalue weighted by Gasteiger charge is 2.23. The van der Waals surface area contributed by atoms with Gasteiger partial charge in [-0.05, 0) is 36.5 Å². The molecule has 1 atom stereocenters. The minimum atomic E-state index is 0.357. The summed E-state index contributed by atoms with van der Waals surface area (Å²) in [5.41, 5.74) is 3.93. The lowest BCUT2D eigenvalue weighted by molar-refractivity contribution is 0.0956. The molecule has 0 amide bonds. The molecule has 2 aromatic carbocycles. The number of para-hydroxylation sites is 1. The Morgan fingerprint density at radius 1 is 0.963 bits per heavy atom. The van der Waals surface area contributed by atoms with Gasteiger partial charge in [0.2, 0.25) is 0 Å².